The van der Waals surface area contributed by atoms with Crippen LogP contribution in [0.25, 0.3) is 0 Å². The molecule has 3 atom stereocenters. The molecule has 41 heavy (non-hydrogen) atoms. The van der Waals surface area contributed by atoms with E-state index in [1.807, 2.05) is 54.6 Å². The fraction of sp³-hybridized carbons (Fsp3) is 0.552. The fourth-order valence-corrected chi connectivity index (χ4v) is 7.12. The van der Waals surface area contributed by atoms with Gasteiger partial charge in [0.2, 0.25) is 6.79 Å². The van der Waals surface area contributed by atoms with Crippen LogP contribution in [0.4, 0.5) is 0 Å². The highest BCUT2D eigenvalue weighted by Crippen LogP contribution is 2.56. The van der Waals surface area contributed by atoms with E-state index in [2.05, 4.69) is 0 Å². The van der Waals surface area contributed by atoms with Crippen molar-refractivity contribution in [1.29, 1.82) is 0 Å². The Balaban J connectivity index is 2.17. The highest BCUT2D eigenvalue weighted by atomic mass is 32.2. The molecule has 2 aromatic carbocycles. The maximum absolute atomic E-state index is 13.8. The third kappa shape index (κ3) is 12.0. The van der Waals surface area contributed by atoms with Crippen molar-refractivity contribution in [3.63, 3.8) is 0 Å². The van der Waals surface area contributed by atoms with Gasteiger partial charge in [0, 0.05) is 5.41 Å². The zero-order valence-corrected chi connectivity index (χ0v) is 26.3. The molecule has 3 unspecified atom stereocenters. The molecule has 0 spiro atoms. The molecule has 0 heterocycles. The van der Waals surface area contributed by atoms with Gasteiger partial charge in [0.15, 0.2) is 18.1 Å². The van der Waals surface area contributed by atoms with E-state index >= 15 is 0 Å². The van der Waals surface area contributed by atoms with Crippen LogP contribution >= 0.6 is 7.60 Å². The first kappa shape index (κ1) is 35.1. The van der Waals surface area contributed by atoms with Crippen LogP contribution in [0.5, 0.6) is 0 Å². The van der Waals surface area contributed by atoms with Gasteiger partial charge in [-0.15, -0.1) is 0 Å². The van der Waals surface area contributed by atoms with Crippen molar-refractivity contribution < 1.29 is 46.0 Å². The zero-order chi connectivity index (χ0) is 30.9. The molecule has 0 aliphatic rings. The van der Waals surface area contributed by atoms with Crippen LogP contribution < -0.4 is 0 Å². The normalized spacial score (nSPS) is 15.6. The summed E-state index contributed by atoms with van der Waals surface area (Å²) >= 11 is 0. The Morgan fingerprint density at radius 3 is 2.07 bits per heavy atom. The Bertz CT molecular complexity index is 1270. The number of carbonyl (C=O) groups excluding carboxylic acids is 1. The molecular weight excluding hydrogens is 571 g/mol. The Hall–Kier alpha value is -2.11. The Kier molecular flexibility index (Phi) is 12.7. The van der Waals surface area contributed by atoms with Crippen molar-refractivity contribution in [3.05, 3.63) is 71.3 Å². The van der Waals surface area contributed by atoms with Gasteiger partial charge in [0.25, 0.3) is 10.1 Å². The molecule has 0 amide bonds. The topological polar surface area (TPSA) is 146 Å². The number of aryl methyl sites for hydroxylation is 1. The summed E-state index contributed by atoms with van der Waals surface area (Å²) in [5.41, 5.74) is 1.55. The molecule has 0 fully saturated rings. The Morgan fingerprint density at radius 2 is 1.49 bits per heavy atom. The molecule has 0 bridgehead atoms. The Labute approximate surface area is 243 Å². The minimum absolute atomic E-state index is 0.212. The lowest BCUT2D eigenvalue weighted by atomic mass is 9.96. The van der Waals surface area contributed by atoms with Crippen LogP contribution in [0.3, 0.4) is 0 Å². The molecule has 230 valence electrons. The molecule has 0 aliphatic heterocycles. The van der Waals surface area contributed by atoms with Gasteiger partial charge in [-0.1, -0.05) is 75.4 Å². The molecule has 2 rings (SSSR count). The molecule has 0 saturated carbocycles. The first-order valence-corrected chi connectivity index (χ1v) is 16.5. The molecular formula is C29H43O10PS. The number of ether oxygens (including phenoxy) is 2. The second-order valence-electron chi connectivity index (χ2n) is 11.9. The summed E-state index contributed by atoms with van der Waals surface area (Å²) in [7, 11) is -9.65. The predicted octanol–water partition coefficient (Wildman–Crippen LogP) is 5.93. The van der Waals surface area contributed by atoms with Gasteiger partial charge in [-0.3, -0.25) is 23.0 Å². The van der Waals surface area contributed by atoms with E-state index in [1.54, 1.807) is 41.5 Å². The van der Waals surface area contributed by atoms with Crippen LogP contribution in [0.1, 0.15) is 71.1 Å². The van der Waals surface area contributed by atoms with Crippen LogP contribution in [0, 0.1) is 10.8 Å². The number of esters is 1. The first-order valence-electron chi connectivity index (χ1n) is 13.4. The van der Waals surface area contributed by atoms with Gasteiger partial charge in [0.05, 0.1) is 5.41 Å². The standard InChI is InChI=1S/C29H43O10PS/c1-28(2,3)26(30)36-20-38-40(32,39-21-37-27(31)29(4,5)6)25(41(33,34)35)17-11-15-23-14-10-16-24(19-23)18-22-12-8-7-9-13-22/h7-10,12-14,16,19,25-26,30H,11,15,17-18,20-21H2,1-6H3,(H,33,34,35). The summed E-state index contributed by atoms with van der Waals surface area (Å²) in [6.07, 6.45) is -0.251. The average molecular weight is 615 g/mol. The number of carbonyl (C=O) groups is 1. The smallest absolute Gasteiger partial charge is 0.356 e. The third-order valence-electron chi connectivity index (χ3n) is 6.09. The molecule has 0 aromatic heterocycles. The molecule has 2 aromatic rings. The second kappa shape index (κ2) is 14.9. The zero-order valence-electron chi connectivity index (χ0n) is 24.6. The highest BCUT2D eigenvalue weighted by Gasteiger charge is 2.45. The minimum Gasteiger partial charge on any atom is -0.438 e. The predicted molar refractivity (Wildman–Crippen MR) is 156 cm³/mol. The number of aliphatic hydroxyl groups is 1. The van der Waals surface area contributed by atoms with E-state index in [0.717, 1.165) is 23.1 Å². The lowest BCUT2D eigenvalue weighted by Crippen LogP contribution is -2.31. The number of aliphatic hydroxyl groups excluding tert-OH is 1. The van der Waals surface area contributed by atoms with Gasteiger partial charge in [-0.2, -0.15) is 8.42 Å². The van der Waals surface area contributed by atoms with Crippen LogP contribution in [-0.4, -0.2) is 48.9 Å². The van der Waals surface area contributed by atoms with E-state index in [-0.39, 0.29) is 12.8 Å². The van der Waals surface area contributed by atoms with Crippen molar-refractivity contribution in [1.82, 2.24) is 0 Å². The maximum atomic E-state index is 13.8. The Morgan fingerprint density at radius 1 is 0.902 bits per heavy atom. The minimum atomic E-state index is -4.96. The molecule has 0 saturated heterocycles. The monoisotopic (exact) mass is 614 g/mol. The van der Waals surface area contributed by atoms with Gasteiger partial charge in [-0.05, 0) is 63.1 Å². The van der Waals surface area contributed by atoms with E-state index in [1.165, 1.54) is 0 Å². The van der Waals surface area contributed by atoms with E-state index in [0.29, 0.717) is 6.42 Å². The number of benzene rings is 2. The summed E-state index contributed by atoms with van der Waals surface area (Å²) in [5, 5.41) is 10.1. The van der Waals surface area contributed by atoms with Gasteiger partial charge >= 0.3 is 13.6 Å². The molecule has 10 nitrogen and oxygen atoms in total. The SMILES string of the molecule is CC(C)(C)C(=O)OCOP(=O)(OCOC(O)C(C)(C)C)C(CCCc1cccc(Cc2ccccc2)c1)S(=O)(=O)O. The lowest BCUT2D eigenvalue weighted by molar-refractivity contribution is -0.192. The number of hydrogen-bond acceptors (Lipinski definition) is 9. The molecule has 0 radical (unpaired) electrons. The molecule has 0 aliphatic carbocycles. The highest BCUT2D eigenvalue weighted by molar-refractivity contribution is 7.94. The number of rotatable bonds is 15. The van der Waals surface area contributed by atoms with Crippen LogP contribution in [0.2, 0.25) is 0 Å². The second-order valence-corrected chi connectivity index (χ2v) is 16.1. The average Bonchev–Trinajstić information content (AvgIpc) is 2.85. The largest absolute Gasteiger partial charge is 0.438 e. The van der Waals surface area contributed by atoms with Crippen molar-refractivity contribution in [2.24, 2.45) is 10.8 Å². The van der Waals surface area contributed by atoms with Crippen molar-refractivity contribution >= 4 is 23.7 Å². The van der Waals surface area contributed by atoms with Gasteiger partial charge in [0.1, 0.15) is 0 Å². The summed E-state index contributed by atoms with van der Waals surface area (Å²) < 4.78 is 69.3. The molecule has 12 heteroatoms. The maximum Gasteiger partial charge on any atom is 0.356 e. The summed E-state index contributed by atoms with van der Waals surface area (Å²) in [4.78, 5) is 10.2. The van der Waals surface area contributed by atoms with E-state index < -0.39 is 59.4 Å². The summed E-state index contributed by atoms with van der Waals surface area (Å²) in [6.45, 7) is 8.20. The first-order chi connectivity index (χ1) is 18.9. The lowest BCUT2D eigenvalue weighted by Gasteiger charge is -2.28. The summed E-state index contributed by atoms with van der Waals surface area (Å²) in [6, 6.07) is 17.8. The van der Waals surface area contributed by atoms with E-state index in [4.69, 9.17) is 18.5 Å². The molecule has 2 N–H and O–H groups in total. The van der Waals surface area contributed by atoms with Gasteiger partial charge in [-0.25, -0.2) is 0 Å². The summed E-state index contributed by atoms with van der Waals surface area (Å²) in [5.74, 6) is -0.678. The quantitative estimate of drug-likeness (QED) is 0.107. The third-order valence-corrected chi connectivity index (χ3v) is 10.5. The van der Waals surface area contributed by atoms with E-state index in [9.17, 15) is 27.4 Å². The van der Waals surface area contributed by atoms with Crippen molar-refractivity contribution in [3.8, 4) is 0 Å². The van der Waals surface area contributed by atoms with Crippen molar-refractivity contribution in [2.75, 3.05) is 13.6 Å². The van der Waals surface area contributed by atoms with Crippen LogP contribution in [0.15, 0.2) is 54.6 Å². The van der Waals surface area contributed by atoms with Crippen molar-refractivity contribution in [2.45, 2.75) is 78.5 Å². The number of hydrogen-bond donors (Lipinski definition) is 2. The fourth-order valence-electron chi connectivity index (χ4n) is 3.67. The van der Waals surface area contributed by atoms with Gasteiger partial charge < -0.3 is 14.6 Å². The van der Waals surface area contributed by atoms with Crippen LogP contribution in [-0.2, 0) is 50.8 Å².